The molecule has 0 rings (SSSR count). The molecular formula is C89H171NO5. The van der Waals surface area contributed by atoms with Gasteiger partial charge in [-0.3, -0.25) is 9.59 Å². The summed E-state index contributed by atoms with van der Waals surface area (Å²) in [4.78, 5) is 24.7. The third-order valence-electron chi connectivity index (χ3n) is 20.7. The lowest BCUT2D eigenvalue weighted by atomic mass is 10.0. The van der Waals surface area contributed by atoms with Gasteiger partial charge in [0.15, 0.2) is 0 Å². The Morgan fingerprint density at radius 1 is 0.295 bits per heavy atom. The largest absolute Gasteiger partial charge is 0.466 e. The topological polar surface area (TPSA) is 95.9 Å². The number of nitrogens with one attached hydrogen (secondary N) is 1. The molecule has 0 fully saturated rings. The van der Waals surface area contributed by atoms with Gasteiger partial charge < -0.3 is 20.3 Å². The molecule has 0 saturated carbocycles. The van der Waals surface area contributed by atoms with E-state index in [1.807, 2.05) is 0 Å². The van der Waals surface area contributed by atoms with E-state index in [1.54, 1.807) is 0 Å². The first-order valence-electron chi connectivity index (χ1n) is 43.7. The summed E-state index contributed by atoms with van der Waals surface area (Å²) in [5.74, 6) is -0.00785. The third-order valence-corrected chi connectivity index (χ3v) is 20.7. The highest BCUT2D eigenvalue weighted by Gasteiger charge is 2.20. The van der Waals surface area contributed by atoms with Crippen LogP contribution in [0.15, 0.2) is 36.5 Å². The maximum absolute atomic E-state index is 12.6. The predicted octanol–water partition coefficient (Wildman–Crippen LogP) is 29.3. The molecule has 6 nitrogen and oxygen atoms in total. The number of carbonyl (C=O) groups excluding carboxylic acids is 2. The van der Waals surface area contributed by atoms with Crippen LogP contribution in [-0.2, 0) is 14.3 Å². The maximum atomic E-state index is 12.6. The number of aliphatic hydroxyl groups excluding tert-OH is 2. The molecule has 2 unspecified atom stereocenters. The molecule has 3 N–H and O–H groups in total. The second-order valence-corrected chi connectivity index (χ2v) is 30.2. The van der Waals surface area contributed by atoms with Crippen LogP contribution in [-0.4, -0.2) is 47.4 Å². The van der Waals surface area contributed by atoms with Gasteiger partial charge in [0.1, 0.15) is 0 Å². The van der Waals surface area contributed by atoms with Crippen molar-refractivity contribution in [1.29, 1.82) is 0 Å². The van der Waals surface area contributed by atoms with Crippen molar-refractivity contribution in [3.8, 4) is 0 Å². The number of unbranched alkanes of at least 4 members (excludes halogenated alkanes) is 66. The molecule has 0 aromatic rings. The van der Waals surface area contributed by atoms with Gasteiger partial charge in [-0.15, -0.1) is 0 Å². The molecule has 6 heteroatoms. The summed E-state index contributed by atoms with van der Waals surface area (Å²) in [7, 11) is 0. The Bertz CT molecular complexity index is 1540. The zero-order chi connectivity index (χ0) is 68.4. The van der Waals surface area contributed by atoms with Crippen molar-refractivity contribution in [3.63, 3.8) is 0 Å². The summed E-state index contributed by atoms with van der Waals surface area (Å²) in [5, 5.41) is 23.5. The highest BCUT2D eigenvalue weighted by atomic mass is 16.5. The number of carbonyl (C=O) groups is 2. The Hall–Kier alpha value is -1.92. The summed E-state index contributed by atoms with van der Waals surface area (Å²) < 4.78 is 5.52. The Balaban J connectivity index is 3.34. The molecule has 0 radical (unpaired) electrons. The van der Waals surface area contributed by atoms with Crippen molar-refractivity contribution < 1.29 is 24.5 Å². The molecule has 2 atom stereocenters. The molecule has 0 bridgehead atoms. The number of hydrogen-bond acceptors (Lipinski definition) is 5. The number of hydrogen-bond donors (Lipinski definition) is 3. The summed E-state index contributed by atoms with van der Waals surface area (Å²) in [6.45, 7) is 4.99. The zero-order valence-corrected chi connectivity index (χ0v) is 64.7. The van der Waals surface area contributed by atoms with Gasteiger partial charge in [0, 0.05) is 12.8 Å². The van der Waals surface area contributed by atoms with E-state index in [9.17, 15) is 19.8 Å². The molecule has 0 spiro atoms. The van der Waals surface area contributed by atoms with E-state index >= 15 is 0 Å². The molecule has 95 heavy (non-hydrogen) atoms. The smallest absolute Gasteiger partial charge is 0.305 e. The van der Waals surface area contributed by atoms with Crippen molar-refractivity contribution in [2.75, 3.05) is 13.2 Å². The molecule has 0 aromatic heterocycles. The first-order chi connectivity index (χ1) is 47.0. The molecular weight excluding hydrogens is 1160 g/mol. The van der Waals surface area contributed by atoms with Crippen molar-refractivity contribution in [2.24, 2.45) is 0 Å². The second kappa shape index (κ2) is 84.5. The van der Waals surface area contributed by atoms with Gasteiger partial charge in [-0.1, -0.05) is 436 Å². The summed E-state index contributed by atoms with van der Waals surface area (Å²) in [6, 6.07) is -0.540. The number of rotatable bonds is 83. The minimum Gasteiger partial charge on any atom is -0.466 e. The van der Waals surface area contributed by atoms with Crippen LogP contribution in [0, 0.1) is 0 Å². The fourth-order valence-corrected chi connectivity index (χ4v) is 14.0. The first kappa shape index (κ1) is 93.1. The standard InChI is InChI=1S/C89H171NO5/c1-3-5-7-9-11-13-15-17-19-21-23-24-25-39-42-46-49-53-57-61-65-69-73-77-81-87(92)86(85-91)90-88(93)82-78-74-70-66-62-58-54-50-47-43-40-37-35-33-31-29-27-26-28-30-32-34-36-38-41-44-48-52-56-60-64-68-72-76-80-84-95-89(94)83-79-75-71-67-63-59-55-51-45-22-20-18-16-14-12-10-8-6-4-2/h12,14,18,20,28,30,86-87,91-92H,3-11,13,15-17,19,21-27,29,31-85H2,1-2H3,(H,90,93)/b14-12-,20-18-,30-28-. The van der Waals surface area contributed by atoms with Gasteiger partial charge in [0.25, 0.3) is 0 Å². The van der Waals surface area contributed by atoms with Crippen LogP contribution >= 0.6 is 0 Å². The Labute approximate surface area is 595 Å². The average Bonchev–Trinajstić information content (AvgIpc) is 2.97. The van der Waals surface area contributed by atoms with E-state index in [4.69, 9.17) is 4.74 Å². The molecule has 0 heterocycles. The minimum absolute atomic E-state index is 0.0175. The Kier molecular flexibility index (Phi) is 82.8. The number of aliphatic hydroxyl groups is 2. The van der Waals surface area contributed by atoms with Crippen LogP contribution in [0.1, 0.15) is 495 Å². The van der Waals surface area contributed by atoms with Gasteiger partial charge in [-0.25, -0.2) is 0 Å². The van der Waals surface area contributed by atoms with Gasteiger partial charge in [0.2, 0.25) is 5.91 Å². The first-order valence-corrected chi connectivity index (χ1v) is 43.7. The summed E-state index contributed by atoms with van der Waals surface area (Å²) in [5.41, 5.74) is 0. The van der Waals surface area contributed by atoms with E-state index in [0.717, 1.165) is 51.4 Å². The summed E-state index contributed by atoms with van der Waals surface area (Å²) >= 11 is 0. The average molecular weight is 1340 g/mol. The Morgan fingerprint density at radius 2 is 0.526 bits per heavy atom. The number of ether oxygens (including phenoxy) is 1. The van der Waals surface area contributed by atoms with Crippen LogP contribution in [0.2, 0.25) is 0 Å². The van der Waals surface area contributed by atoms with E-state index in [2.05, 4.69) is 55.6 Å². The molecule has 0 aliphatic rings. The van der Waals surface area contributed by atoms with Crippen LogP contribution in [0.4, 0.5) is 0 Å². The predicted molar refractivity (Wildman–Crippen MR) is 421 cm³/mol. The minimum atomic E-state index is -0.664. The highest BCUT2D eigenvalue weighted by Crippen LogP contribution is 2.21. The lowest BCUT2D eigenvalue weighted by molar-refractivity contribution is -0.143. The van der Waals surface area contributed by atoms with Crippen LogP contribution in [0.5, 0.6) is 0 Å². The lowest BCUT2D eigenvalue weighted by Gasteiger charge is -2.22. The van der Waals surface area contributed by atoms with Crippen molar-refractivity contribution in [1.82, 2.24) is 5.32 Å². The van der Waals surface area contributed by atoms with E-state index in [1.165, 1.54) is 411 Å². The second-order valence-electron chi connectivity index (χ2n) is 30.2. The maximum Gasteiger partial charge on any atom is 0.305 e. The number of esters is 1. The van der Waals surface area contributed by atoms with Gasteiger partial charge in [-0.2, -0.15) is 0 Å². The monoisotopic (exact) mass is 1330 g/mol. The quantitative estimate of drug-likeness (QED) is 0.0320. The molecule has 0 aliphatic carbocycles. The molecule has 0 saturated heterocycles. The van der Waals surface area contributed by atoms with Crippen molar-refractivity contribution >= 4 is 11.9 Å². The van der Waals surface area contributed by atoms with E-state index < -0.39 is 12.1 Å². The van der Waals surface area contributed by atoms with Crippen LogP contribution < -0.4 is 5.32 Å². The molecule has 562 valence electrons. The normalized spacial score (nSPS) is 12.6. The van der Waals surface area contributed by atoms with E-state index in [0.29, 0.717) is 25.9 Å². The van der Waals surface area contributed by atoms with Crippen LogP contribution in [0.3, 0.4) is 0 Å². The fourth-order valence-electron chi connectivity index (χ4n) is 14.0. The molecule has 0 aromatic carbocycles. The Morgan fingerprint density at radius 3 is 0.832 bits per heavy atom. The SMILES string of the molecule is CCCCC/C=C\C/C=C\CCCCCCCCCCCC(=O)OCCCCCCCCCCCCCCCC/C=C\CCCCCCCCCCCCCCCCCCCC(=O)NC(CO)C(O)CCCCCCCCCCCCCCCCCCCCCCCCCC. The fraction of sp³-hybridized carbons (Fsp3) is 0.910. The van der Waals surface area contributed by atoms with Gasteiger partial charge in [-0.05, 0) is 83.5 Å². The van der Waals surface area contributed by atoms with Crippen molar-refractivity contribution in [2.45, 2.75) is 508 Å². The molecule has 0 aliphatic heterocycles. The van der Waals surface area contributed by atoms with Gasteiger partial charge in [0.05, 0.1) is 25.4 Å². The summed E-state index contributed by atoms with van der Waals surface area (Å²) in [6.07, 6.45) is 111. The highest BCUT2D eigenvalue weighted by molar-refractivity contribution is 5.76. The zero-order valence-electron chi connectivity index (χ0n) is 64.7. The molecule has 1 amide bonds. The lowest BCUT2D eigenvalue weighted by Crippen LogP contribution is -2.45. The van der Waals surface area contributed by atoms with E-state index in [-0.39, 0.29) is 18.5 Å². The van der Waals surface area contributed by atoms with Crippen LogP contribution in [0.25, 0.3) is 0 Å². The van der Waals surface area contributed by atoms with Gasteiger partial charge >= 0.3 is 5.97 Å². The number of amides is 1. The number of allylic oxidation sites excluding steroid dienone is 6. The van der Waals surface area contributed by atoms with Crippen molar-refractivity contribution in [3.05, 3.63) is 36.5 Å². The third kappa shape index (κ3) is 80.9.